The number of hydrogen-bond acceptors (Lipinski definition) is 3. The summed E-state index contributed by atoms with van der Waals surface area (Å²) in [6.07, 6.45) is 5.34. The zero-order valence-electron chi connectivity index (χ0n) is 10.6. The fourth-order valence-corrected chi connectivity index (χ4v) is 2.77. The number of halogens is 1. The summed E-state index contributed by atoms with van der Waals surface area (Å²) < 4.78 is 5.38. The molecule has 3 nitrogen and oxygen atoms in total. The number of ether oxygens (including phenoxy) is 1. The van der Waals surface area contributed by atoms with E-state index in [9.17, 15) is 4.79 Å². The van der Waals surface area contributed by atoms with E-state index in [4.69, 9.17) is 16.3 Å². The van der Waals surface area contributed by atoms with Gasteiger partial charge >= 0.3 is 0 Å². The second-order valence-corrected chi connectivity index (χ2v) is 5.01. The van der Waals surface area contributed by atoms with Crippen LogP contribution in [0.25, 0.3) is 0 Å². The van der Waals surface area contributed by atoms with Gasteiger partial charge in [0, 0.05) is 5.56 Å². The molecule has 1 aliphatic rings. The van der Waals surface area contributed by atoms with Gasteiger partial charge in [0.25, 0.3) is 0 Å². The van der Waals surface area contributed by atoms with Gasteiger partial charge in [-0.3, -0.25) is 0 Å². The first-order chi connectivity index (χ1) is 8.66. The average molecular weight is 266 g/mol. The van der Waals surface area contributed by atoms with Crippen molar-refractivity contribution in [1.82, 2.24) is 0 Å². The SMILES string of the molecule is CCc1cc(Cl)c(OC)c(C2(N=C=O)CCC2)c1. The van der Waals surface area contributed by atoms with E-state index >= 15 is 0 Å². The van der Waals surface area contributed by atoms with Gasteiger partial charge in [-0.1, -0.05) is 18.5 Å². The molecule has 0 unspecified atom stereocenters. The molecule has 0 radical (unpaired) electrons. The molecule has 0 spiro atoms. The number of isocyanates is 1. The molecule has 1 saturated carbocycles. The Balaban J connectivity index is 2.60. The normalized spacial score (nSPS) is 16.6. The van der Waals surface area contributed by atoms with Gasteiger partial charge in [0.15, 0.2) is 0 Å². The van der Waals surface area contributed by atoms with Crippen LogP contribution in [0.3, 0.4) is 0 Å². The van der Waals surface area contributed by atoms with Crippen molar-refractivity contribution in [3.05, 3.63) is 28.3 Å². The Hall–Kier alpha value is -1.31. The Morgan fingerprint density at radius 1 is 1.50 bits per heavy atom. The first-order valence-electron chi connectivity index (χ1n) is 6.13. The van der Waals surface area contributed by atoms with E-state index in [0.717, 1.165) is 36.8 Å². The Labute approximate surface area is 112 Å². The first-order valence-corrected chi connectivity index (χ1v) is 6.50. The summed E-state index contributed by atoms with van der Waals surface area (Å²) in [4.78, 5) is 14.7. The Bertz CT molecular complexity index is 503. The molecule has 0 N–H and O–H groups in total. The first kappa shape index (κ1) is 13.1. The monoisotopic (exact) mass is 265 g/mol. The summed E-state index contributed by atoms with van der Waals surface area (Å²) >= 11 is 6.24. The quantitative estimate of drug-likeness (QED) is 0.616. The van der Waals surface area contributed by atoms with Crippen molar-refractivity contribution in [3.63, 3.8) is 0 Å². The summed E-state index contributed by atoms with van der Waals surface area (Å²) in [6, 6.07) is 3.95. The van der Waals surface area contributed by atoms with Gasteiger partial charge in [0.05, 0.1) is 12.1 Å². The zero-order valence-corrected chi connectivity index (χ0v) is 11.4. The number of methoxy groups -OCH3 is 1. The molecular weight excluding hydrogens is 250 g/mol. The van der Waals surface area contributed by atoms with Gasteiger partial charge in [-0.05, 0) is 43.4 Å². The summed E-state index contributed by atoms with van der Waals surface area (Å²) in [5.41, 5.74) is 1.58. The summed E-state index contributed by atoms with van der Waals surface area (Å²) in [5, 5.41) is 0.583. The van der Waals surface area contributed by atoms with Gasteiger partial charge in [-0.2, -0.15) is 4.99 Å². The fraction of sp³-hybridized carbons (Fsp3) is 0.500. The fourth-order valence-electron chi connectivity index (χ4n) is 2.45. The van der Waals surface area contributed by atoms with Crippen LogP contribution in [0.15, 0.2) is 17.1 Å². The third-order valence-electron chi connectivity index (χ3n) is 3.66. The molecule has 1 aromatic rings. The van der Waals surface area contributed by atoms with Crippen molar-refractivity contribution in [2.45, 2.75) is 38.1 Å². The third-order valence-corrected chi connectivity index (χ3v) is 3.94. The lowest BCUT2D eigenvalue weighted by Gasteiger charge is -2.38. The van der Waals surface area contributed by atoms with Crippen molar-refractivity contribution in [3.8, 4) is 5.75 Å². The molecule has 1 fully saturated rings. The molecule has 0 heterocycles. The molecule has 0 aliphatic heterocycles. The number of aliphatic imine (C=N–C) groups is 1. The van der Waals surface area contributed by atoms with Crippen molar-refractivity contribution in [2.75, 3.05) is 7.11 Å². The minimum Gasteiger partial charge on any atom is -0.495 e. The molecule has 1 aromatic carbocycles. The molecule has 0 saturated heterocycles. The molecule has 0 bridgehead atoms. The number of carbonyl (C=O) groups excluding carboxylic acids is 1. The van der Waals surface area contributed by atoms with Crippen molar-refractivity contribution in [2.24, 2.45) is 4.99 Å². The molecule has 0 atom stereocenters. The minimum atomic E-state index is -0.470. The predicted molar refractivity (Wildman–Crippen MR) is 71.0 cm³/mol. The number of benzene rings is 1. The molecular formula is C14H16ClNO2. The van der Waals surface area contributed by atoms with Crippen LogP contribution in [0, 0.1) is 0 Å². The molecule has 2 rings (SSSR count). The Morgan fingerprint density at radius 2 is 2.22 bits per heavy atom. The maximum atomic E-state index is 10.7. The van der Waals surface area contributed by atoms with Crippen LogP contribution >= 0.6 is 11.6 Å². The van der Waals surface area contributed by atoms with Crippen molar-refractivity contribution >= 4 is 17.7 Å². The van der Waals surface area contributed by atoms with E-state index in [-0.39, 0.29) is 0 Å². The van der Waals surface area contributed by atoms with Gasteiger partial charge < -0.3 is 4.74 Å². The van der Waals surface area contributed by atoms with E-state index in [2.05, 4.69) is 11.9 Å². The molecule has 0 aromatic heterocycles. The van der Waals surface area contributed by atoms with E-state index < -0.39 is 5.54 Å². The number of rotatable bonds is 4. The maximum Gasteiger partial charge on any atom is 0.235 e. The highest BCUT2D eigenvalue weighted by Crippen LogP contribution is 2.50. The Kier molecular flexibility index (Phi) is 3.74. The standard InChI is InChI=1S/C14H16ClNO2/c1-3-10-7-11(13(18-2)12(15)8-10)14(16-9-17)5-4-6-14/h7-8H,3-6H2,1-2H3. The summed E-state index contributed by atoms with van der Waals surface area (Å²) in [5.74, 6) is 0.632. The van der Waals surface area contributed by atoms with Crippen molar-refractivity contribution in [1.29, 1.82) is 0 Å². The number of hydrogen-bond donors (Lipinski definition) is 0. The lowest BCUT2D eigenvalue weighted by atomic mass is 9.71. The van der Waals surface area contributed by atoms with Crippen LogP contribution in [0.1, 0.15) is 37.3 Å². The van der Waals surface area contributed by atoms with Crippen molar-refractivity contribution < 1.29 is 9.53 Å². The number of nitrogens with zero attached hydrogens (tertiary/aromatic N) is 1. The van der Waals surface area contributed by atoms with Crippen LogP contribution in [-0.2, 0) is 16.8 Å². The highest BCUT2D eigenvalue weighted by Gasteiger charge is 2.41. The van der Waals surface area contributed by atoms with Gasteiger partial charge in [0.2, 0.25) is 6.08 Å². The molecule has 96 valence electrons. The molecule has 18 heavy (non-hydrogen) atoms. The minimum absolute atomic E-state index is 0.470. The largest absolute Gasteiger partial charge is 0.495 e. The van der Waals surface area contributed by atoms with Crippen LogP contribution in [0.2, 0.25) is 5.02 Å². The molecule has 4 heteroatoms. The lowest BCUT2D eigenvalue weighted by molar-refractivity contribution is 0.246. The molecule has 0 amide bonds. The molecule has 1 aliphatic carbocycles. The number of aryl methyl sites for hydroxylation is 1. The van der Waals surface area contributed by atoms with Crippen LogP contribution in [0.4, 0.5) is 0 Å². The second-order valence-electron chi connectivity index (χ2n) is 4.60. The van der Waals surface area contributed by atoms with Crippen LogP contribution < -0.4 is 4.74 Å². The highest BCUT2D eigenvalue weighted by atomic mass is 35.5. The van der Waals surface area contributed by atoms with Crippen LogP contribution in [0.5, 0.6) is 5.75 Å². The average Bonchev–Trinajstić information content (AvgIpc) is 2.32. The maximum absolute atomic E-state index is 10.7. The van der Waals surface area contributed by atoms with Crippen LogP contribution in [-0.4, -0.2) is 13.2 Å². The van der Waals surface area contributed by atoms with E-state index in [1.807, 2.05) is 12.1 Å². The third kappa shape index (κ3) is 2.05. The van der Waals surface area contributed by atoms with E-state index in [0.29, 0.717) is 10.8 Å². The van der Waals surface area contributed by atoms with Gasteiger partial charge in [0.1, 0.15) is 11.3 Å². The second kappa shape index (κ2) is 5.13. The van der Waals surface area contributed by atoms with Gasteiger partial charge in [-0.15, -0.1) is 0 Å². The smallest absolute Gasteiger partial charge is 0.235 e. The van der Waals surface area contributed by atoms with Gasteiger partial charge in [-0.25, -0.2) is 4.79 Å². The van der Waals surface area contributed by atoms with E-state index in [1.54, 1.807) is 13.2 Å². The Morgan fingerprint density at radius 3 is 2.67 bits per heavy atom. The summed E-state index contributed by atoms with van der Waals surface area (Å²) in [7, 11) is 1.59. The predicted octanol–water partition coefficient (Wildman–Crippen LogP) is 3.63. The highest BCUT2D eigenvalue weighted by molar-refractivity contribution is 6.32. The topological polar surface area (TPSA) is 38.7 Å². The zero-order chi connectivity index (χ0) is 13.2. The summed E-state index contributed by atoms with van der Waals surface area (Å²) in [6.45, 7) is 2.07. The lowest BCUT2D eigenvalue weighted by Crippen LogP contribution is -2.32. The van der Waals surface area contributed by atoms with E-state index in [1.165, 1.54) is 0 Å².